The van der Waals surface area contributed by atoms with E-state index in [0.29, 0.717) is 0 Å². The highest BCUT2D eigenvalue weighted by Crippen LogP contribution is 2.35. The van der Waals surface area contributed by atoms with Gasteiger partial charge in [-0.3, -0.25) is 10.1 Å². The lowest BCUT2D eigenvalue weighted by Gasteiger charge is -2.20. The summed E-state index contributed by atoms with van der Waals surface area (Å²) in [6.45, 7) is 0. The molecule has 3 rings (SSSR count). The van der Waals surface area contributed by atoms with Crippen LogP contribution in [0.1, 0.15) is 18.0 Å². The molecule has 2 aromatic carbocycles. The fourth-order valence-corrected chi connectivity index (χ4v) is 4.92. The number of carbonyl (C=O) groups is 1. The van der Waals surface area contributed by atoms with E-state index in [9.17, 15) is 18.3 Å². The van der Waals surface area contributed by atoms with Crippen molar-refractivity contribution in [2.75, 3.05) is 0 Å². The van der Waals surface area contributed by atoms with Crippen LogP contribution < -0.4 is 5.32 Å². The molecular formula is C17H17NO4S. The Bertz CT molecular complexity index is 790. The molecule has 6 heteroatoms. The standard InChI is InChI=1S/C17H17NO4S/c19-17(20)14-11-15(16(18-14)12-7-3-1-4-8-12)23(21,22)13-9-5-2-6-10-13/h1-10,14-16,18H,11H2,(H,19,20)/t14-,15+,16-/m1/s1. The van der Waals surface area contributed by atoms with Crippen LogP contribution >= 0.6 is 0 Å². The third-order valence-corrected chi connectivity index (χ3v) is 6.34. The van der Waals surface area contributed by atoms with Crippen molar-refractivity contribution in [3.05, 3.63) is 66.2 Å². The van der Waals surface area contributed by atoms with Crippen molar-refractivity contribution in [3.63, 3.8) is 0 Å². The number of rotatable bonds is 4. The van der Waals surface area contributed by atoms with Gasteiger partial charge in [-0.2, -0.15) is 0 Å². The average Bonchev–Trinajstić information content (AvgIpc) is 3.03. The largest absolute Gasteiger partial charge is 0.480 e. The van der Waals surface area contributed by atoms with Crippen LogP contribution in [0.3, 0.4) is 0 Å². The average molecular weight is 331 g/mol. The number of hydrogen-bond acceptors (Lipinski definition) is 4. The second-order valence-corrected chi connectivity index (χ2v) is 7.74. The van der Waals surface area contributed by atoms with Crippen molar-refractivity contribution in [1.82, 2.24) is 5.32 Å². The van der Waals surface area contributed by atoms with Crippen LogP contribution in [0.15, 0.2) is 65.6 Å². The summed E-state index contributed by atoms with van der Waals surface area (Å²) in [4.78, 5) is 11.6. The summed E-state index contributed by atoms with van der Waals surface area (Å²) in [6, 6.07) is 15.9. The molecule has 5 nitrogen and oxygen atoms in total. The van der Waals surface area contributed by atoms with Gasteiger partial charge in [0.05, 0.1) is 16.2 Å². The summed E-state index contributed by atoms with van der Waals surface area (Å²) in [5.41, 5.74) is 0.778. The van der Waals surface area contributed by atoms with E-state index >= 15 is 0 Å². The number of sulfone groups is 1. The Morgan fingerprint density at radius 3 is 2.13 bits per heavy atom. The Labute approximate surface area is 134 Å². The Kier molecular flexibility index (Phi) is 4.19. The molecule has 120 valence electrons. The highest BCUT2D eigenvalue weighted by Gasteiger charge is 2.45. The number of benzene rings is 2. The summed E-state index contributed by atoms with van der Waals surface area (Å²) >= 11 is 0. The van der Waals surface area contributed by atoms with E-state index in [1.165, 1.54) is 0 Å². The molecule has 0 aromatic heterocycles. The summed E-state index contributed by atoms with van der Waals surface area (Å²) in [6.07, 6.45) is 0.0477. The van der Waals surface area contributed by atoms with E-state index in [-0.39, 0.29) is 11.3 Å². The van der Waals surface area contributed by atoms with Gasteiger partial charge in [0, 0.05) is 0 Å². The number of carboxylic acids is 1. The number of hydrogen-bond donors (Lipinski definition) is 2. The molecule has 1 saturated heterocycles. The van der Waals surface area contributed by atoms with Gasteiger partial charge in [-0.05, 0) is 24.1 Å². The van der Waals surface area contributed by atoms with E-state index in [1.807, 2.05) is 30.3 Å². The summed E-state index contributed by atoms with van der Waals surface area (Å²) in [7, 11) is -3.63. The molecule has 3 atom stereocenters. The minimum Gasteiger partial charge on any atom is -0.480 e. The summed E-state index contributed by atoms with van der Waals surface area (Å²) in [5, 5.41) is 11.4. The van der Waals surface area contributed by atoms with E-state index in [0.717, 1.165) is 5.56 Å². The second kappa shape index (κ2) is 6.14. The first-order chi connectivity index (χ1) is 11.0. The molecule has 1 heterocycles. The van der Waals surface area contributed by atoms with Crippen LogP contribution in [0.2, 0.25) is 0 Å². The molecule has 0 aliphatic carbocycles. The van der Waals surface area contributed by atoms with E-state index in [4.69, 9.17) is 0 Å². The number of nitrogens with one attached hydrogen (secondary N) is 1. The molecule has 0 saturated carbocycles. The van der Waals surface area contributed by atoms with Crippen molar-refractivity contribution in [3.8, 4) is 0 Å². The molecule has 0 unspecified atom stereocenters. The lowest BCUT2D eigenvalue weighted by Crippen LogP contribution is -2.32. The number of carboxylic acid groups (broad SMARTS) is 1. The minimum absolute atomic E-state index is 0.0477. The first-order valence-electron chi connectivity index (χ1n) is 7.33. The Balaban J connectivity index is 2.02. The van der Waals surface area contributed by atoms with Gasteiger partial charge in [-0.15, -0.1) is 0 Å². The lowest BCUT2D eigenvalue weighted by atomic mass is 10.1. The quantitative estimate of drug-likeness (QED) is 0.895. The van der Waals surface area contributed by atoms with Gasteiger partial charge in [0.15, 0.2) is 9.84 Å². The van der Waals surface area contributed by atoms with Crippen molar-refractivity contribution in [1.29, 1.82) is 0 Å². The second-order valence-electron chi connectivity index (χ2n) is 5.58. The van der Waals surface area contributed by atoms with Crippen molar-refractivity contribution in [2.24, 2.45) is 0 Å². The Hall–Kier alpha value is -2.18. The smallest absolute Gasteiger partial charge is 0.320 e. The highest BCUT2D eigenvalue weighted by molar-refractivity contribution is 7.92. The predicted molar refractivity (Wildman–Crippen MR) is 85.8 cm³/mol. The first kappa shape index (κ1) is 15.7. The van der Waals surface area contributed by atoms with Crippen LogP contribution in [0.25, 0.3) is 0 Å². The molecule has 0 amide bonds. The molecule has 2 aromatic rings. The molecule has 2 N–H and O–H groups in total. The van der Waals surface area contributed by atoms with Crippen LogP contribution in [0, 0.1) is 0 Å². The number of aliphatic carboxylic acids is 1. The highest BCUT2D eigenvalue weighted by atomic mass is 32.2. The fraction of sp³-hybridized carbons (Fsp3) is 0.235. The van der Waals surface area contributed by atoms with Crippen molar-refractivity contribution >= 4 is 15.8 Å². The Morgan fingerprint density at radius 2 is 1.57 bits per heavy atom. The summed E-state index contributed by atoms with van der Waals surface area (Å²) in [5.74, 6) is -1.03. The molecule has 0 spiro atoms. The van der Waals surface area contributed by atoms with Crippen LogP contribution in [-0.2, 0) is 14.6 Å². The minimum atomic E-state index is -3.63. The molecular weight excluding hydrogens is 314 g/mol. The zero-order valence-electron chi connectivity index (χ0n) is 12.3. The molecule has 23 heavy (non-hydrogen) atoms. The van der Waals surface area contributed by atoms with Crippen molar-refractivity contribution < 1.29 is 18.3 Å². The summed E-state index contributed by atoms with van der Waals surface area (Å²) < 4.78 is 25.9. The molecule has 1 aliphatic heterocycles. The molecule has 0 radical (unpaired) electrons. The predicted octanol–water partition coefficient (Wildman–Crippen LogP) is 2.02. The van der Waals surface area contributed by atoms with Crippen molar-refractivity contribution in [2.45, 2.75) is 28.6 Å². The van der Waals surface area contributed by atoms with Gasteiger partial charge >= 0.3 is 5.97 Å². The molecule has 0 bridgehead atoms. The first-order valence-corrected chi connectivity index (χ1v) is 8.87. The van der Waals surface area contributed by atoms with Gasteiger partial charge in [0.2, 0.25) is 0 Å². The van der Waals surface area contributed by atoms with E-state index in [1.54, 1.807) is 30.3 Å². The maximum Gasteiger partial charge on any atom is 0.320 e. The monoisotopic (exact) mass is 331 g/mol. The lowest BCUT2D eigenvalue weighted by molar-refractivity contribution is -0.139. The van der Waals surface area contributed by atoms with Crippen LogP contribution in [-0.4, -0.2) is 30.8 Å². The molecule has 1 aliphatic rings. The molecule has 1 fully saturated rings. The third kappa shape index (κ3) is 3.00. The van der Waals surface area contributed by atoms with Gasteiger partial charge in [0.25, 0.3) is 0 Å². The zero-order chi connectivity index (χ0) is 16.4. The topological polar surface area (TPSA) is 83.5 Å². The van der Waals surface area contributed by atoms with Gasteiger partial charge < -0.3 is 5.11 Å². The maximum atomic E-state index is 13.0. The fourth-order valence-electron chi connectivity index (χ4n) is 2.99. The van der Waals surface area contributed by atoms with E-state index < -0.39 is 33.1 Å². The SMILES string of the molecule is O=C(O)[C@H]1C[C@H](S(=O)(=O)c2ccccc2)[C@@H](c2ccccc2)N1. The van der Waals surface area contributed by atoms with E-state index in [2.05, 4.69) is 5.32 Å². The zero-order valence-corrected chi connectivity index (χ0v) is 13.1. The third-order valence-electron chi connectivity index (χ3n) is 4.15. The normalized spacial score (nSPS) is 24.4. The Morgan fingerprint density at radius 1 is 1.00 bits per heavy atom. The maximum absolute atomic E-state index is 13.0. The van der Waals surface area contributed by atoms with Crippen LogP contribution in [0.5, 0.6) is 0 Å². The van der Waals surface area contributed by atoms with Crippen LogP contribution in [0.4, 0.5) is 0 Å². The van der Waals surface area contributed by atoms with Gasteiger partial charge in [0.1, 0.15) is 6.04 Å². The van der Waals surface area contributed by atoms with Gasteiger partial charge in [-0.25, -0.2) is 8.42 Å². The van der Waals surface area contributed by atoms with Gasteiger partial charge in [-0.1, -0.05) is 48.5 Å².